The Balaban J connectivity index is 5.24. The molecule has 0 saturated carbocycles. The zero-order valence-electron chi connectivity index (χ0n) is 60.0. The van der Waals surface area contributed by atoms with Crippen LogP contribution in [0.15, 0.2) is 0 Å². The van der Waals surface area contributed by atoms with Crippen molar-refractivity contribution in [1.82, 2.24) is 0 Å². The van der Waals surface area contributed by atoms with Gasteiger partial charge < -0.3 is 33.8 Å². The van der Waals surface area contributed by atoms with Gasteiger partial charge in [-0.3, -0.25) is 37.3 Å². The molecule has 0 aromatic carbocycles. The van der Waals surface area contributed by atoms with Gasteiger partial charge in [0, 0.05) is 25.7 Å². The fourth-order valence-electron chi connectivity index (χ4n) is 11.0. The summed E-state index contributed by atoms with van der Waals surface area (Å²) in [4.78, 5) is 72.6. The van der Waals surface area contributed by atoms with Crippen molar-refractivity contribution in [3.8, 4) is 0 Å². The normalized spacial score (nSPS) is 14.7. The maximum absolute atomic E-state index is 13.1. The van der Waals surface area contributed by atoms with Crippen LogP contribution < -0.4 is 0 Å². The van der Waals surface area contributed by atoms with Crippen LogP contribution in [0.1, 0.15) is 370 Å². The van der Waals surface area contributed by atoms with Crippen molar-refractivity contribution >= 4 is 39.5 Å². The van der Waals surface area contributed by atoms with E-state index in [1.807, 2.05) is 0 Å². The maximum atomic E-state index is 13.1. The van der Waals surface area contributed by atoms with E-state index in [4.69, 9.17) is 37.0 Å². The number of phosphoric ester groups is 2. The third-order valence-corrected chi connectivity index (χ3v) is 19.5. The van der Waals surface area contributed by atoms with Gasteiger partial charge in [0.25, 0.3) is 0 Å². The Bertz CT molecular complexity index is 1810. The lowest BCUT2D eigenvalue weighted by molar-refractivity contribution is -0.161. The number of hydrogen-bond acceptors (Lipinski definition) is 15. The minimum absolute atomic E-state index is 0.102. The summed E-state index contributed by atoms with van der Waals surface area (Å²) in [5.74, 6) is 0.121. The van der Waals surface area contributed by atoms with Crippen LogP contribution in [0.2, 0.25) is 0 Å². The van der Waals surface area contributed by atoms with E-state index in [2.05, 4.69) is 48.5 Å². The summed E-state index contributed by atoms with van der Waals surface area (Å²) in [7, 11) is -9.91. The summed E-state index contributed by atoms with van der Waals surface area (Å²) in [6.45, 7) is 11.8. The number of rotatable bonds is 71. The van der Waals surface area contributed by atoms with Crippen molar-refractivity contribution in [3.63, 3.8) is 0 Å². The van der Waals surface area contributed by atoms with Crippen LogP contribution in [0.4, 0.5) is 0 Å². The standard InChI is InChI=1S/C73H142O17P2/c1-8-11-12-13-14-15-16-17-18-22-25-28-31-40-47-54-70(75)83-60-68(89-72(77)56-49-42-32-29-26-23-20-19-21-24-27-30-37-44-51-64(4)5)62-87-91(79,80)85-58-67(74)59-86-92(81,82)88-63-69(90-73(78)57-50-43-36-34-39-46-53-66(7)10-3)61-84-71(76)55-48-41-35-33-38-45-52-65(6)9-2/h64-69,74H,8-63H2,1-7H3,(H,79,80)(H,81,82)/t65?,66?,67-,68-,69-/m1/s1. The maximum Gasteiger partial charge on any atom is 0.472 e. The zero-order valence-corrected chi connectivity index (χ0v) is 61.8. The highest BCUT2D eigenvalue weighted by atomic mass is 31.2. The van der Waals surface area contributed by atoms with Gasteiger partial charge in [0.05, 0.1) is 26.4 Å². The minimum atomic E-state index is -4.96. The molecule has 0 aliphatic heterocycles. The second-order valence-corrected chi connectivity index (χ2v) is 30.2. The molecule has 0 bridgehead atoms. The van der Waals surface area contributed by atoms with Crippen LogP contribution in [-0.2, 0) is 65.4 Å². The number of aliphatic hydroxyl groups excluding tert-OH is 1. The van der Waals surface area contributed by atoms with Crippen molar-refractivity contribution in [3.05, 3.63) is 0 Å². The molecule has 0 aliphatic rings. The molecule has 92 heavy (non-hydrogen) atoms. The highest BCUT2D eigenvalue weighted by molar-refractivity contribution is 7.47. The highest BCUT2D eigenvalue weighted by Crippen LogP contribution is 2.45. The van der Waals surface area contributed by atoms with Crippen LogP contribution in [0.3, 0.4) is 0 Å². The van der Waals surface area contributed by atoms with Gasteiger partial charge in [0.2, 0.25) is 0 Å². The lowest BCUT2D eigenvalue weighted by Gasteiger charge is -2.21. The molecule has 0 fully saturated rings. The van der Waals surface area contributed by atoms with E-state index in [0.717, 1.165) is 114 Å². The molecule has 3 N–H and O–H groups in total. The Morgan fingerprint density at radius 3 is 0.826 bits per heavy atom. The van der Waals surface area contributed by atoms with E-state index in [1.54, 1.807) is 0 Å². The number of carbonyl (C=O) groups is 4. The summed E-state index contributed by atoms with van der Waals surface area (Å²) in [6, 6.07) is 0. The Labute approximate surface area is 562 Å². The molecular formula is C73H142O17P2. The summed E-state index contributed by atoms with van der Waals surface area (Å²) >= 11 is 0. The molecular weight excluding hydrogens is 1210 g/mol. The van der Waals surface area contributed by atoms with E-state index in [1.165, 1.54) is 173 Å². The second-order valence-electron chi connectivity index (χ2n) is 27.3. The molecule has 0 spiro atoms. The molecule has 0 heterocycles. The molecule has 0 aliphatic carbocycles. The van der Waals surface area contributed by atoms with Crippen LogP contribution in [0.25, 0.3) is 0 Å². The molecule has 7 atom stereocenters. The number of aliphatic hydroxyl groups is 1. The Morgan fingerprint density at radius 2 is 0.554 bits per heavy atom. The quantitative estimate of drug-likeness (QED) is 0.0222. The molecule has 0 radical (unpaired) electrons. The summed E-state index contributed by atoms with van der Waals surface area (Å²) in [6.07, 6.45) is 48.6. The van der Waals surface area contributed by atoms with E-state index in [0.29, 0.717) is 25.7 Å². The zero-order chi connectivity index (χ0) is 68.0. The Morgan fingerprint density at radius 1 is 0.315 bits per heavy atom. The SMILES string of the molecule is CCCCCCCCCCCCCCCCCC(=O)OC[C@H](COP(=O)(O)OC[C@@H](O)COP(=O)(O)OC[C@@H](COC(=O)CCCCCCCCC(C)CC)OC(=O)CCCCCCCCC(C)CC)OC(=O)CCCCCCCCCCCCCCCCC(C)C. The van der Waals surface area contributed by atoms with Crippen LogP contribution in [-0.4, -0.2) is 96.7 Å². The monoisotopic (exact) mass is 1350 g/mol. The lowest BCUT2D eigenvalue weighted by atomic mass is 10.00. The summed E-state index contributed by atoms with van der Waals surface area (Å²) in [5.41, 5.74) is 0. The number of hydrogen-bond donors (Lipinski definition) is 3. The van der Waals surface area contributed by atoms with Gasteiger partial charge in [-0.1, -0.05) is 318 Å². The minimum Gasteiger partial charge on any atom is -0.462 e. The largest absolute Gasteiger partial charge is 0.472 e. The highest BCUT2D eigenvalue weighted by Gasteiger charge is 2.30. The van der Waals surface area contributed by atoms with Gasteiger partial charge in [0.15, 0.2) is 12.2 Å². The molecule has 0 rings (SSSR count). The predicted octanol–water partition coefficient (Wildman–Crippen LogP) is 21.0. The van der Waals surface area contributed by atoms with Gasteiger partial charge in [-0.05, 0) is 43.4 Å². The average molecular weight is 1350 g/mol. The number of phosphoric acid groups is 2. The average Bonchev–Trinajstić information content (AvgIpc) is 1.58. The van der Waals surface area contributed by atoms with Crippen LogP contribution in [0.5, 0.6) is 0 Å². The number of esters is 4. The first-order chi connectivity index (χ1) is 44.3. The second kappa shape index (κ2) is 63.8. The van der Waals surface area contributed by atoms with E-state index >= 15 is 0 Å². The van der Waals surface area contributed by atoms with Gasteiger partial charge in [-0.15, -0.1) is 0 Å². The molecule has 0 amide bonds. The summed E-state index contributed by atoms with van der Waals surface area (Å²) in [5, 5.41) is 10.6. The molecule has 546 valence electrons. The van der Waals surface area contributed by atoms with Crippen molar-refractivity contribution < 1.29 is 80.2 Å². The van der Waals surface area contributed by atoms with Gasteiger partial charge in [-0.25, -0.2) is 9.13 Å². The third-order valence-electron chi connectivity index (χ3n) is 17.6. The van der Waals surface area contributed by atoms with Crippen molar-refractivity contribution in [2.75, 3.05) is 39.6 Å². The van der Waals surface area contributed by atoms with E-state index < -0.39 is 97.5 Å². The van der Waals surface area contributed by atoms with E-state index in [-0.39, 0.29) is 25.7 Å². The Kier molecular flexibility index (Phi) is 62.4. The fraction of sp³-hybridized carbons (Fsp3) is 0.945. The lowest BCUT2D eigenvalue weighted by Crippen LogP contribution is -2.30. The van der Waals surface area contributed by atoms with Crippen molar-refractivity contribution in [2.45, 2.75) is 388 Å². The summed E-state index contributed by atoms with van der Waals surface area (Å²) < 4.78 is 68.4. The molecule has 0 aromatic heterocycles. The molecule has 17 nitrogen and oxygen atoms in total. The third kappa shape index (κ3) is 64.1. The topological polar surface area (TPSA) is 237 Å². The van der Waals surface area contributed by atoms with Gasteiger partial charge in [-0.2, -0.15) is 0 Å². The first-order valence-corrected chi connectivity index (χ1v) is 40.9. The molecule has 0 aromatic rings. The molecule has 19 heteroatoms. The number of unbranched alkanes of at least 4 members (excludes halogenated alkanes) is 37. The predicted molar refractivity (Wildman–Crippen MR) is 372 cm³/mol. The van der Waals surface area contributed by atoms with Crippen LogP contribution in [0, 0.1) is 17.8 Å². The number of carbonyl (C=O) groups excluding carboxylic acids is 4. The van der Waals surface area contributed by atoms with Gasteiger partial charge in [0.1, 0.15) is 19.3 Å². The smallest absolute Gasteiger partial charge is 0.462 e. The van der Waals surface area contributed by atoms with Crippen molar-refractivity contribution in [2.24, 2.45) is 17.8 Å². The van der Waals surface area contributed by atoms with Crippen molar-refractivity contribution in [1.29, 1.82) is 0 Å². The van der Waals surface area contributed by atoms with Gasteiger partial charge >= 0.3 is 39.5 Å². The first kappa shape index (κ1) is 90.1. The van der Waals surface area contributed by atoms with E-state index in [9.17, 15) is 43.2 Å². The molecule has 4 unspecified atom stereocenters. The Hall–Kier alpha value is -1.94. The molecule has 0 saturated heterocycles. The number of ether oxygens (including phenoxy) is 4. The van der Waals surface area contributed by atoms with Crippen LogP contribution >= 0.6 is 15.6 Å². The fourth-order valence-corrected chi connectivity index (χ4v) is 12.6. The first-order valence-electron chi connectivity index (χ1n) is 37.9.